The number of nitriles is 1. The molecule has 0 saturated carbocycles. The Kier molecular flexibility index (Phi) is 7.24. The molecule has 0 bridgehead atoms. The van der Waals surface area contributed by atoms with Gasteiger partial charge in [0.25, 0.3) is 5.91 Å². The molecule has 4 rings (SSSR count). The fraction of sp³-hybridized carbons (Fsp3) is 0.300. The Morgan fingerprint density at radius 3 is 2.43 bits per heavy atom. The van der Waals surface area contributed by atoms with Crippen molar-refractivity contribution in [3.05, 3.63) is 80.3 Å². The number of thiophene rings is 1. The maximum atomic E-state index is 13.6. The number of hydrogen-bond donors (Lipinski definition) is 1. The molecule has 0 aliphatic heterocycles. The maximum Gasteiger partial charge on any atom is 0.266 e. The fourth-order valence-corrected chi connectivity index (χ4v) is 5.06. The van der Waals surface area contributed by atoms with Gasteiger partial charge in [-0.05, 0) is 48.9 Å². The van der Waals surface area contributed by atoms with Crippen molar-refractivity contribution < 1.29 is 13.9 Å². The van der Waals surface area contributed by atoms with Gasteiger partial charge in [-0.2, -0.15) is 5.26 Å². The molecule has 0 fully saturated rings. The van der Waals surface area contributed by atoms with Crippen molar-refractivity contribution in [1.29, 1.82) is 5.26 Å². The van der Waals surface area contributed by atoms with Crippen LogP contribution in [0, 0.1) is 25.2 Å². The van der Waals surface area contributed by atoms with E-state index in [1.165, 1.54) is 11.3 Å². The summed E-state index contributed by atoms with van der Waals surface area (Å²) in [5.74, 6) is -0.166. The molecule has 0 aliphatic rings. The molecule has 0 radical (unpaired) electrons. The average Bonchev–Trinajstić information content (AvgIpc) is 3.14. The monoisotopic (exact) mass is 514 g/mol. The predicted octanol–water partition coefficient (Wildman–Crippen LogP) is 7.10. The van der Waals surface area contributed by atoms with Gasteiger partial charge in [0.1, 0.15) is 16.7 Å². The van der Waals surface area contributed by atoms with Crippen LogP contribution in [0.15, 0.2) is 57.7 Å². The van der Waals surface area contributed by atoms with Gasteiger partial charge in [-0.1, -0.05) is 64.1 Å². The summed E-state index contributed by atoms with van der Waals surface area (Å²) in [4.78, 5) is 27.8. The lowest BCUT2D eigenvalue weighted by atomic mass is 9.86. The fourth-order valence-electron chi connectivity index (χ4n) is 4.05. The molecular weight excluding hydrogens is 484 g/mol. The lowest BCUT2D eigenvalue weighted by Crippen LogP contribution is -2.34. The average molecular weight is 515 g/mol. The van der Waals surface area contributed by atoms with Crippen LogP contribution in [0.1, 0.15) is 55.7 Å². The smallest absolute Gasteiger partial charge is 0.266 e. The van der Waals surface area contributed by atoms with Crippen molar-refractivity contribution in [3.8, 4) is 23.1 Å². The first-order valence-corrected chi connectivity index (χ1v) is 13.0. The highest BCUT2D eigenvalue weighted by atomic mass is 32.1. The first-order chi connectivity index (χ1) is 17.5. The Bertz CT molecular complexity index is 1570. The molecule has 6 nitrogen and oxygen atoms in total. The zero-order valence-electron chi connectivity index (χ0n) is 21.9. The molecule has 2 heterocycles. The van der Waals surface area contributed by atoms with Crippen molar-refractivity contribution in [3.63, 3.8) is 0 Å². The second kappa shape index (κ2) is 10.2. The molecule has 1 atom stereocenters. The molecule has 2 aromatic carbocycles. The number of ether oxygens (including phenoxy) is 1. The summed E-state index contributed by atoms with van der Waals surface area (Å²) in [7, 11) is 0. The van der Waals surface area contributed by atoms with Crippen LogP contribution in [0.5, 0.6) is 5.75 Å². The van der Waals surface area contributed by atoms with E-state index in [9.17, 15) is 14.9 Å². The molecule has 37 heavy (non-hydrogen) atoms. The predicted molar refractivity (Wildman–Crippen MR) is 148 cm³/mol. The second-order valence-electron chi connectivity index (χ2n) is 10.0. The van der Waals surface area contributed by atoms with Crippen LogP contribution in [0.25, 0.3) is 22.3 Å². The Hall–Kier alpha value is -3.89. The molecule has 0 saturated heterocycles. The van der Waals surface area contributed by atoms with Gasteiger partial charge in [0, 0.05) is 10.4 Å². The summed E-state index contributed by atoms with van der Waals surface area (Å²) in [6.45, 7) is 12.0. The van der Waals surface area contributed by atoms with E-state index in [1.54, 1.807) is 31.2 Å². The maximum absolute atomic E-state index is 13.6. The number of aryl methyl sites for hydroxylation is 1. The van der Waals surface area contributed by atoms with Gasteiger partial charge in [0.05, 0.1) is 10.9 Å². The minimum atomic E-state index is -0.967. The number of amides is 1. The number of para-hydroxylation sites is 1. The Morgan fingerprint density at radius 1 is 1.14 bits per heavy atom. The number of anilines is 1. The van der Waals surface area contributed by atoms with E-state index in [0.717, 1.165) is 16.0 Å². The summed E-state index contributed by atoms with van der Waals surface area (Å²) in [5, 5.41) is 13.2. The van der Waals surface area contributed by atoms with Gasteiger partial charge in [0.2, 0.25) is 11.2 Å². The number of benzene rings is 2. The van der Waals surface area contributed by atoms with Crippen molar-refractivity contribution in [2.45, 2.75) is 59.5 Å². The molecule has 0 spiro atoms. The van der Waals surface area contributed by atoms with Gasteiger partial charge in [-0.25, -0.2) is 0 Å². The lowest BCUT2D eigenvalue weighted by Gasteiger charge is -2.20. The van der Waals surface area contributed by atoms with Gasteiger partial charge in [0.15, 0.2) is 11.9 Å². The molecule has 1 N–H and O–H groups in total. The zero-order valence-corrected chi connectivity index (χ0v) is 22.7. The third-order valence-corrected chi connectivity index (χ3v) is 7.55. The second-order valence-corrected chi connectivity index (χ2v) is 11.2. The molecule has 0 aliphatic carbocycles. The quantitative estimate of drug-likeness (QED) is 0.296. The standard InChI is InChI=1S/C30H30N2O4S/c1-7-23(28(34)32-29-22(16-31)17(2)18(3)37-29)35-27-25(33)21-10-8-9-11-24(21)36-26(27)19-12-14-20(15-13-19)30(4,5)6/h8-15,23H,7H2,1-6H3,(H,32,34). The van der Waals surface area contributed by atoms with Crippen LogP contribution in [0.4, 0.5) is 5.00 Å². The third kappa shape index (κ3) is 5.16. The Balaban J connectivity index is 1.76. The third-order valence-electron chi connectivity index (χ3n) is 6.43. The van der Waals surface area contributed by atoms with Gasteiger partial charge in [-0.3, -0.25) is 9.59 Å². The first kappa shape index (κ1) is 26.2. The van der Waals surface area contributed by atoms with Crippen LogP contribution in [0.3, 0.4) is 0 Å². The normalized spacial score (nSPS) is 12.2. The highest BCUT2D eigenvalue weighted by molar-refractivity contribution is 7.16. The number of fused-ring (bicyclic) bond motifs is 1. The van der Waals surface area contributed by atoms with Crippen LogP contribution >= 0.6 is 11.3 Å². The van der Waals surface area contributed by atoms with Crippen molar-refractivity contribution in [2.75, 3.05) is 5.32 Å². The molecule has 1 unspecified atom stereocenters. The molecule has 190 valence electrons. The summed E-state index contributed by atoms with van der Waals surface area (Å²) in [5.41, 5.74) is 3.16. The van der Waals surface area contributed by atoms with Crippen LogP contribution in [0.2, 0.25) is 0 Å². The SMILES string of the molecule is CCC(Oc1c(-c2ccc(C(C)(C)C)cc2)oc2ccccc2c1=O)C(=O)Nc1sc(C)c(C)c1C#N. The van der Waals surface area contributed by atoms with Crippen LogP contribution < -0.4 is 15.5 Å². The number of rotatable bonds is 6. The number of carbonyl (C=O) groups excluding carboxylic acids is 1. The van der Waals surface area contributed by atoms with E-state index in [0.29, 0.717) is 33.5 Å². The number of carbonyl (C=O) groups is 1. The van der Waals surface area contributed by atoms with E-state index in [4.69, 9.17) is 9.15 Å². The summed E-state index contributed by atoms with van der Waals surface area (Å²) < 4.78 is 12.3. The molecular formula is C30H30N2O4S. The van der Waals surface area contributed by atoms with Gasteiger partial charge >= 0.3 is 0 Å². The molecule has 2 aromatic heterocycles. The zero-order chi connectivity index (χ0) is 26.9. The minimum Gasteiger partial charge on any atom is -0.473 e. The molecule has 4 aromatic rings. The minimum absolute atomic E-state index is 0.0109. The van der Waals surface area contributed by atoms with Crippen molar-refractivity contribution in [1.82, 2.24) is 0 Å². The summed E-state index contributed by atoms with van der Waals surface area (Å²) in [6.07, 6.45) is -0.656. The van der Waals surface area contributed by atoms with Crippen molar-refractivity contribution >= 4 is 33.2 Å². The van der Waals surface area contributed by atoms with Crippen molar-refractivity contribution in [2.24, 2.45) is 0 Å². The molecule has 1 amide bonds. The van der Waals surface area contributed by atoms with E-state index in [1.807, 2.05) is 38.1 Å². The van der Waals surface area contributed by atoms with Gasteiger partial charge in [-0.15, -0.1) is 11.3 Å². The largest absolute Gasteiger partial charge is 0.473 e. The van der Waals surface area contributed by atoms with E-state index < -0.39 is 12.0 Å². The Labute approximate surface area is 220 Å². The number of hydrogen-bond acceptors (Lipinski definition) is 6. The van der Waals surface area contributed by atoms with E-state index >= 15 is 0 Å². The highest BCUT2D eigenvalue weighted by Gasteiger charge is 2.27. The first-order valence-electron chi connectivity index (χ1n) is 12.2. The number of nitrogens with one attached hydrogen (secondary N) is 1. The van der Waals surface area contributed by atoms with Crippen LogP contribution in [-0.2, 0) is 10.2 Å². The van der Waals surface area contributed by atoms with E-state index in [2.05, 4.69) is 32.2 Å². The summed E-state index contributed by atoms with van der Waals surface area (Å²) >= 11 is 1.35. The topological polar surface area (TPSA) is 92.3 Å². The highest BCUT2D eigenvalue weighted by Crippen LogP contribution is 2.35. The summed E-state index contributed by atoms with van der Waals surface area (Å²) in [6, 6.07) is 16.9. The van der Waals surface area contributed by atoms with E-state index in [-0.39, 0.29) is 22.4 Å². The molecule has 7 heteroatoms. The lowest BCUT2D eigenvalue weighted by molar-refractivity contribution is -0.122. The number of nitrogens with zero attached hydrogens (tertiary/aromatic N) is 1. The van der Waals surface area contributed by atoms with Crippen LogP contribution in [-0.4, -0.2) is 12.0 Å². The van der Waals surface area contributed by atoms with Gasteiger partial charge < -0.3 is 14.5 Å². The Morgan fingerprint density at radius 2 is 1.81 bits per heavy atom.